The van der Waals surface area contributed by atoms with Gasteiger partial charge in [0.05, 0.1) is 6.26 Å². The number of aromatic carboxylic acids is 1. The maximum atomic E-state index is 11.4. The average molecular weight is 427 g/mol. The number of furan rings is 1. The fraction of sp³-hybridized carbons (Fsp3) is 0.800. The summed E-state index contributed by atoms with van der Waals surface area (Å²) in [6.07, 6.45) is 24.2. The number of carboxylic acid groups (broad SMARTS) is 1. The van der Waals surface area contributed by atoms with Gasteiger partial charge in [-0.25, -0.2) is 4.79 Å². The third-order valence-corrected chi connectivity index (χ3v) is 5.75. The van der Waals surface area contributed by atoms with Crippen LogP contribution in [0.1, 0.15) is 138 Å². The van der Waals surface area contributed by atoms with Crippen LogP contribution in [0.4, 0.5) is 0 Å². The second-order valence-corrected chi connectivity index (χ2v) is 8.32. The van der Waals surface area contributed by atoms with Crippen molar-refractivity contribution in [2.45, 2.75) is 129 Å². The molecular weight excluding hydrogens is 379 g/mol. The lowest BCUT2D eigenvalue weighted by Gasteiger charge is -2.05. The summed E-state index contributed by atoms with van der Waals surface area (Å²) >= 11 is 0. The van der Waals surface area contributed by atoms with Gasteiger partial charge in [0, 0.05) is 5.56 Å². The van der Waals surface area contributed by atoms with Crippen molar-refractivity contribution in [3.05, 3.63) is 23.2 Å². The van der Waals surface area contributed by atoms with E-state index >= 15 is 0 Å². The summed E-state index contributed by atoms with van der Waals surface area (Å²) in [7, 11) is 0. The Morgan fingerprint density at radius 1 is 0.724 bits per heavy atom. The van der Waals surface area contributed by atoms with Gasteiger partial charge in [-0.05, 0) is 31.2 Å². The van der Waals surface area contributed by atoms with Crippen LogP contribution in [0, 0.1) is 0 Å². The van der Waals surface area contributed by atoms with Crippen LogP contribution >= 0.6 is 9.90 Å². The molecule has 0 aliphatic rings. The Kier molecular flexibility index (Phi) is 18.6. The molecule has 29 heavy (non-hydrogen) atoms. The van der Waals surface area contributed by atoms with E-state index in [1.54, 1.807) is 6.26 Å². The highest BCUT2D eigenvalue weighted by Gasteiger charge is 2.18. The standard InChI is InChI=1S/C25H44O3.H3P/c1-3-5-7-9-10-11-12-13-14-15-16-18-20-23-22(19-17-8-6-4-2)21-28-24(23)25(26)27;/h21H,3-20H2,1-2H3,(H,26,27);1H3. The lowest BCUT2D eigenvalue weighted by atomic mass is 9.98. The van der Waals surface area contributed by atoms with E-state index < -0.39 is 5.97 Å². The molecule has 0 aliphatic carbocycles. The molecule has 1 N–H and O–H groups in total. The van der Waals surface area contributed by atoms with Gasteiger partial charge in [-0.2, -0.15) is 9.90 Å². The van der Waals surface area contributed by atoms with E-state index in [1.165, 1.54) is 89.9 Å². The highest BCUT2D eigenvalue weighted by atomic mass is 31.0. The Morgan fingerprint density at radius 2 is 1.14 bits per heavy atom. The lowest BCUT2D eigenvalue weighted by molar-refractivity contribution is 0.0660. The fourth-order valence-electron chi connectivity index (χ4n) is 3.97. The summed E-state index contributed by atoms with van der Waals surface area (Å²) in [5.74, 6) is -0.748. The van der Waals surface area contributed by atoms with Crippen LogP contribution in [0.5, 0.6) is 0 Å². The zero-order valence-corrected chi connectivity index (χ0v) is 20.7. The van der Waals surface area contributed by atoms with E-state index in [-0.39, 0.29) is 15.7 Å². The van der Waals surface area contributed by atoms with Crippen molar-refractivity contribution >= 4 is 15.9 Å². The molecule has 0 bridgehead atoms. The maximum Gasteiger partial charge on any atom is 0.372 e. The number of unbranched alkanes of at least 4 members (excludes halogenated alkanes) is 14. The van der Waals surface area contributed by atoms with E-state index in [1.807, 2.05) is 0 Å². The Morgan fingerprint density at radius 3 is 1.62 bits per heavy atom. The smallest absolute Gasteiger partial charge is 0.372 e. The van der Waals surface area contributed by atoms with Gasteiger partial charge >= 0.3 is 5.97 Å². The SMILES string of the molecule is CCCCCCCCCCCCCCc1c(CCCCCC)coc1C(=O)O.P. The molecule has 170 valence electrons. The van der Waals surface area contributed by atoms with E-state index in [0.29, 0.717) is 0 Å². The Bertz CT molecular complexity index is 510. The zero-order valence-electron chi connectivity index (χ0n) is 19.3. The first kappa shape index (κ1) is 28.2. The van der Waals surface area contributed by atoms with E-state index in [4.69, 9.17) is 4.42 Å². The van der Waals surface area contributed by atoms with Gasteiger partial charge in [0.1, 0.15) is 0 Å². The Hall–Kier alpha value is -0.820. The molecule has 4 heteroatoms. The van der Waals surface area contributed by atoms with Gasteiger partial charge < -0.3 is 9.52 Å². The molecule has 0 amide bonds. The van der Waals surface area contributed by atoms with Crippen LogP contribution < -0.4 is 0 Å². The molecule has 0 aliphatic heterocycles. The highest BCUT2D eigenvalue weighted by Crippen LogP contribution is 2.23. The minimum atomic E-state index is -0.922. The molecule has 1 aromatic rings. The first-order valence-electron chi connectivity index (χ1n) is 12.0. The molecule has 0 radical (unpaired) electrons. The van der Waals surface area contributed by atoms with Gasteiger partial charge in [-0.15, -0.1) is 0 Å². The number of rotatable bonds is 19. The number of carboxylic acids is 1. The van der Waals surface area contributed by atoms with E-state index in [9.17, 15) is 9.90 Å². The van der Waals surface area contributed by atoms with Crippen molar-refractivity contribution in [1.82, 2.24) is 0 Å². The average Bonchev–Trinajstić information content (AvgIpc) is 3.09. The van der Waals surface area contributed by atoms with Crippen molar-refractivity contribution in [2.24, 2.45) is 0 Å². The van der Waals surface area contributed by atoms with E-state index in [0.717, 1.165) is 36.8 Å². The van der Waals surface area contributed by atoms with Crippen LogP contribution in [-0.4, -0.2) is 11.1 Å². The lowest BCUT2D eigenvalue weighted by Crippen LogP contribution is -2.01. The molecule has 3 nitrogen and oxygen atoms in total. The summed E-state index contributed by atoms with van der Waals surface area (Å²) in [4.78, 5) is 11.4. The van der Waals surface area contributed by atoms with Crippen LogP contribution in [0.2, 0.25) is 0 Å². The molecule has 0 saturated heterocycles. The summed E-state index contributed by atoms with van der Waals surface area (Å²) in [6, 6.07) is 0. The number of aryl methyl sites for hydroxylation is 1. The van der Waals surface area contributed by atoms with Crippen molar-refractivity contribution in [3.63, 3.8) is 0 Å². The predicted octanol–water partition coefficient (Wildman–Crippen LogP) is 8.40. The molecule has 1 unspecified atom stereocenters. The van der Waals surface area contributed by atoms with Crippen LogP contribution in [0.25, 0.3) is 0 Å². The number of hydrogen-bond acceptors (Lipinski definition) is 2. The number of carbonyl (C=O) groups is 1. The normalized spacial score (nSPS) is 10.8. The monoisotopic (exact) mass is 426 g/mol. The van der Waals surface area contributed by atoms with Crippen LogP contribution in [0.3, 0.4) is 0 Å². The predicted molar refractivity (Wildman–Crippen MR) is 129 cm³/mol. The zero-order chi connectivity index (χ0) is 20.5. The van der Waals surface area contributed by atoms with Gasteiger partial charge in [0.25, 0.3) is 0 Å². The molecule has 0 aromatic carbocycles. The summed E-state index contributed by atoms with van der Waals surface area (Å²) in [6.45, 7) is 4.48. The van der Waals surface area contributed by atoms with Gasteiger partial charge in [0.15, 0.2) is 0 Å². The largest absolute Gasteiger partial charge is 0.475 e. The number of hydrogen-bond donors (Lipinski definition) is 1. The summed E-state index contributed by atoms with van der Waals surface area (Å²) < 4.78 is 5.37. The van der Waals surface area contributed by atoms with Crippen molar-refractivity contribution in [1.29, 1.82) is 0 Å². The molecule has 1 aromatic heterocycles. The quantitative estimate of drug-likeness (QED) is 0.178. The van der Waals surface area contributed by atoms with Crippen molar-refractivity contribution in [3.8, 4) is 0 Å². The molecule has 0 fully saturated rings. The molecule has 0 saturated carbocycles. The van der Waals surface area contributed by atoms with Gasteiger partial charge in [-0.1, -0.05) is 104 Å². The summed E-state index contributed by atoms with van der Waals surface area (Å²) in [5, 5.41) is 9.39. The van der Waals surface area contributed by atoms with E-state index in [2.05, 4.69) is 13.8 Å². The maximum absolute atomic E-state index is 11.4. The molecule has 1 atom stereocenters. The summed E-state index contributed by atoms with van der Waals surface area (Å²) in [5.41, 5.74) is 2.08. The van der Waals surface area contributed by atoms with Crippen molar-refractivity contribution < 1.29 is 14.3 Å². The van der Waals surface area contributed by atoms with Crippen molar-refractivity contribution in [2.75, 3.05) is 0 Å². The highest BCUT2D eigenvalue weighted by molar-refractivity contribution is 6.92. The minimum absolute atomic E-state index is 0. The fourth-order valence-corrected chi connectivity index (χ4v) is 3.97. The third-order valence-electron chi connectivity index (χ3n) is 5.75. The molecule has 1 heterocycles. The Balaban J connectivity index is 0.00000784. The van der Waals surface area contributed by atoms with Gasteiger partial charge in [-0.3, -0.25) is 0 Å². The minimum Gasteiger partial charge on any atom is -0.475 e. The van der Waals surface area contributed by atoms with Crippen LogP contribution in [0.15, 0.2) is 10.7 Å². The van der Waals surface area contributed by atoms with Crippen LogP contribution in [-0.2, 0) is 12.8 Å². The third kappa shape index (κ3) is 13.2. The van der Waals surface area contributed by atoms with Gasteiger partial charge in [0.2, 0.25) is 5.76 Å². The topological polar surface area (TPSA) is 50.4 Å². The second kappa shape index (κ2) is 19.2. The first-order chi connectivity index (χ1) is 13.7. The first-order valence-corrected chi connectivity index (χ1v) is 12.0. The molecule has 0 spiro atoms. The Labute approximate surface area is 183 Å². The second-order valence-electron chi connectivity index (χ2n) is 8.32. The molecule has 1 rings (SSSR count). The molecular formula is C25H47O3P.